The number of hydrogen-bond donors (Lipinski definition) is 0. The highest BCUT2D eigenvalue weighted by molar-refractivity contribution is 7.92. The van der Waals surface area contributed by atoms with E-state index in [0.29, 0.717) is 23.3 Å². The molecule has 0 bridgehead atoms. The van der Waals surface area contributed by atoms with Gasteiger partial charge in [-0.1, -0.05) is 12.1 Å². The predicted molar refractivity (Wildman–Crippen MR) is 103 cm³/mol. The van der Waals surface area contributed by atoms with Crippen molar-refractivity contribution in [3.05, 3.63) is 76.5 Å². The van der Waals surface area contributed by atoms with Gasteiger partial charge in [0, 0.05) is 5.56 Å². The average molecular weight is 387 g/mol. The number of aldehydes is 1. The van der Waals surface area contributed by atoms with Gasteiger partial charge in [0.2, 0.25) is 0 Å². The summed E-state index contributed by atoms with van der Waals surface area (Å²) >= 11 is 1.49. The number of hydrogen-bond acceptors (Lipinski definition) is 5. The third kappa shape index (κ3) is 3.63. The zero-order valence-electron chi connectivity index (χ0n) is 14.0. The first-order valence-electron chi connectivity index (χ1n) is 7.78. The molecule has 0 fully saturated rings. The van der Waals surface area contributed by atoms with Crippen molar-refractivity contribution >= 4 is 33.3 Å². The molecule has 7 heteroatoms. The second kappa shape index (κ2) is 7.72. The number of thiophene rings is 1. The van der Waals surface area contributed by atoms with Gasteiger partial charge in [-0.25, -0.2) is 8.42 Å². The normalized spacial score (nSPS) is 11.1. The maximum Gasteiger partial charge on any atom is 0.264 e. The van der Waals surface area contributed by atoms with Gasteiger partial charge < -0.3 is 4.74 Å². The summed E-state index contributed by atoms with van der Waals surface area (Å²) in [5, 5.41) is 3.78. The van der Waals surface area contributed by atoms with Crippen LogP contribution >= 0.6 is 11.3 Å². The lowest BCUT2D eigenvalue weighted by Gasteiger charge is -2.25. The Bertz CT molecular complexity index is 981. The number of nitrogens with zero attached hydrogens (tertiary/aromatic N) is 1. The van der Waals surface area contributed by atoms with Gasteiger partial charge in [0.15, 0.2) is 6.29 Å². The van der Waals surface area contributed by atoms with Gasteiger partial charge in [-0.05, 0) is 58.8 Å². The molecule has 0 saturated carbocycles. The highest BCUT2D eigenvalue weighted by Crippen LogP contribution is 2.29. The first-order chi connectivity index (χ1) is 12.6. The van der Waals surface area contributed by atoms with Crippen LogP contribution in [0, 0.1) is 0 Å². The summed E-state index contributed by atoms with van der Waals surface area (Å²) in [6, 6.07) is 14.7. The number of ether oxygens (including phenoxy) is 1. The van der Waals surface area contributed by atoms with Gasteiger partial charge in [-0.3, -0.25) is 9.10 Å². The molecule has 0 aliphatic carbocycles. The average Bonchev–Trinajstić information content (AvgIpc) is 3.19. The van der Waals surface area contributed by atoms with Gasteiger partial charge in [-0.15, -0.1) is 0 Å². The Balaban J connectivity index is 2.10. The Morgan fingerprint density at radius 3 is 2.42 bits per heavy atom. The van der Waals surface area contributed by atoms with Crippen LogP contribution in [0.1, 0.15) is 15.9 Å². The van der Waals surface area contributed by atoms with E-state index in [4.69, 9.17) is 4.74 Å². The Kier molecular flexibility index (Phi) is 5.39. The molecule has 0 unspecified atom stereocenters. The standard InChI is InChI=1S/C19H17NO4S2/c1-24-17-6-8-18(9-7-17)26(22,23)20(12-15-10-11-25-14-15)19-5-3-2-4-16(19)13-21/h2-11,13-14H,12H2,1H3. The minimum Gasteiger partial charge on any atom is -0.497 e. The van der Waals surface area contributed by atoms with Crippen LogP contribution in [-0.4, -0.2) is 21.8 Å². The van der Waals surface area contributed by atoms with Crippen molar-refractivity contribution in [1.82, 2.24) is 0 Å². The molecule has 134 valence electrons. The lowest BCUT2D eigenvalue weighted by Crippen LogP contribution is -2.31. The molecule has 3 aromatic rings. The number of anilines is 1. The quantitative estimate of drug-likeness (QED) is 0.576. The predicted octanol–water partition coefficient (Wildman–Crippen LogP) is 3.96. The second-order valence-corrected chi connectivity index (χ2v) is 8.14. The minimum atomic E-state index is -3.86. The van der Waals surface area contributed by atoms with Crippen molar-refractivity contribution in [2.75, 3.05) is 11.4 Å². The van der Waals surface area contributed by atoms with Crippen molar-refractivity contribution in [2.45, 2.75) is 11.4 Å². The first kappa shape index (κ1) is 18.2. The summed E-state index contributed by atoms with van der Waals surface area (Å²) in [6.45, 7) is 0.142. The topological polar surface area (TPSA) is 63.7 Å². The van der Waals surface area contributed by atoms with Gasteiger partial charge >= 0.3 is 0 Å². The molecule has 0 aliphatic heterocycles. The molecule has 0 amide bonds. The summed E-state index contributed by atoms with van der Waals surface area (Å²) in [7, 11) is -2.34. The summed E-state index contributed by atoms with van der Waals surface area (Å²) in [5.74, 6) is 0.571. The molecule has 0 spiro atoms. The molecule has 1 aromatic heterocycles. The fourth-order valence-corrected chi connectivity index (χ4v) is 4.68. The van der Waals surface area contributed by atoms with Gasteiger partial charge in [-0.2, -0.15) is 11.3 Å². The number of sulfonamides is 1. The van der Waals surface area contributed by atoms with Crippen LogP contribution in [0.25, 0.3) is 0 Å². The minimum absolute atomic E-state index is 0.134. The van der Waals surface area contributed by atoms with E-state index in [1.807, 2.05) is 16.8 Å². The summed E-state index contributed by atoms with van der Waals surface area (Å²) in [5.41, 5.74) is 1.53. The van der Waals surface area contributed by atoms with E-state index in [2.05, 4.69) is 0 Å². The molecule has 0 radical (unpaired) electrons. The second-order valence-electron chi connectivity index (χ2n) is 5.50. The molecule has 0 aliphatic rings. The van der Waals surface area contributed by atoms with Crippen molar-refractivity contribution in [3.63, 3.8) is 0 Å². The summed E-state index contributed by atoms with van der Waals surface area (Å²) in [6.07, 6.45) is 0.666. The highest BCUT2D eigenvalue weighted by Gasteiger charge is 2.27. The fourth-order valence-electron chi connectivity index (χ4n) is 2.54. The third-order valence-corrected chi connectivity index (χ3v) is 6.39. The number of carbonyl (C=O) groups is 1. The molecule has 1 heterocycles. The Hall–Kier alpha value is -2.64. The molecule has 26 heavy (non-hydrogen) atoms. The summed E-state index contributed by atoms with van der Waals surface area (Å²) in [4.78, 5) is 11.6. The molecular weight excluding hydrogens is 370 g/mol. The Morgan fingerprint density at radius 2 is 1.81 bits per heavy atom. The van der Waals surface area contributed by atoms with Crippen molar-refractivity contribution in [2.24, 2.45) is 0 Å². The van der Waals surface area contributed by atoms with Gasteiger partial charge in [0.1, 0.15) is 5.75 Å². The van der Waals surface area contributed by atoms with Crippen LogP contribution in [-0.2, 0) is 16.6 Å². The SMILES string of the molecule is COc1ccc(S(=O)(=O)N(Cc2ccsc2)c2ccccc2C=O)cc1. The lowest BCUT2D eigenvalue weighted by atomic mass is 10.2. The van der Waals surface area contributed by atoms with Crippen molar-refractivity contribution in [3.8, 4) is 5.75 Å². The maximum absolute atomic E-state index is 13.3. The largest absolute Gasteiger partial charge is 0.497 e. The highest BCUT2D eigenvalue weighted by atomic mass is 32.2. The molecule has 0 atom stereocenters. The smallest absolute Gasteiger partial charge is 0.264 e. The molecule has 5 nitrogen and oxygen atoms in total. The van der Waals surface area contributed by atoms with E-state index in [1.54, 1.807) is 36.4 Å². The molecule has 0 saturated heterocycles. The van der Waals surface area contributed by atoms with E-state index in [-0.39, 0.29) is 11.4 Å². The number of methoxy groups -OCH3 is 1. The van der Waals surface area contributed by atoms with Crippen molar-refractivity contribution < 1.29 is 17.9 Å². The van der Waals surface area contributed by atoms with E-state index < -0.39 is 10.0 Å². The van der Waals surface area contributed by atoms with Gasteiger partial charge in [0.05, 0.1) is 24.2 Å². The van der Waals surface area contributed by atoms with E-state index >= 15 is 0 Å². The van der Waals surface area contributed by atoms with Crippen molar-refractivity contribution in [1.29, 1.82) is 0 Å². The van der Waals surface area contributed by atoms with E-state index in [0.717, 1.165) is 5.56 Å². The molecule has 3 rings (SSSR count). The molecular formula is C19H17NO4S2. The van der Waals surface area contributed by atoms with Crippen LogP contribution in [0.15, 0.2) is 70.3 Å². The first-order valence-corrected chi connectivity index (χ1v) is 10.2. The van der Waals surface area contributed by atoms with Gasteiger partial charge in [0.25, 0.3) is 10.0 Å². The van der Waals surface area contributed by atoms with E-state index in [1.165, 1.54) is 34.9 Å². The lowest BCUT2D eigenvalue weighted by molar-refractivity contribution is 0.112. The number of rotatable bonds is 7. The van der Waals surface area contributed by atoms with Crippen LogP contribution in [0.3, 0.4) is 0 Å². The van der Waals surface area contributed by atoms with Crippen LogP contribution in [0.5, 0.6) is 5.75 Å². The maximum atomic E-state index is 13.3. The Morgan fingerprint density at radius 1 is 1.08 bits per heavy atom. The molecule has 2 aromatic carbocycles. The number of benzene rings is 2. The monoisotopic (exact) mass is 387 g/mol. The van der Waals surface area contributed by atoms with Crippen LogP contribution < -0.4 is 9.04 Å². The third-order valence-electron chi connectivity index (χ3n) is 3.89. The van der Waals surface area contributed by atoms with Crippen LogP contribution in [0.2, 0.25) is 0 Å². The zero-order chi connectivity index (χ0) is 18.6. The summed E-state index contributed by atoms with van der Waals surface area (Å²) < 4.78 is 33.0. The number of para-hydroxylation sites is 1. The fraction of sp³-hybridized carbons (Fsp3) is 0.105. The molecule has 0 N–H and O–H groups in total. The zero-order valence-corrected chi connectivity index (χ0v) is 15.7. The Labute approximate surface area is 156 Å². The number of carbonyl (C=O) groups excluding carboxylic acids is 1. The van der Waals surface area contributed by atoms with Crippen LogP contribution in [0.4, 0.5) is 5.69 Å². The van der Waals surface area contributed by atoms with E-state index in [9.17, 15) is 13.2 Å².